The molecule has 0 spiro atoms. The van der Waals surface area contributed by atoms with Crippen LogP contribution >= 0.6 is 11.3 Å². The Bertz CT molecular complexity index is 709. The number of hydrogen-bond acceptors (Lipinski definition) is 5. The first-order valence-corrected chi connectivity index (χ1v) is 7.37. The van der Waals surface area contributed by atoms with E-state index >= 15 is 0 Å². The second-order valence-electron chi connectivity index (χ2n) is 5.48. The van der Waals surface area contributed by atoms with Gasteiger partial charge < -0.3 is 11.1 Å². The maximum Gasteiger partial charge on any atom is 0.165 e. The molecule has 3 aromatic rings. The summed E-state index contributed by atoms with van der Waals surface area (Å²) >= 11 is 1.67. The van der Waals surface area contributed by atoms with Gasteiger partial charge in [0.05, 0.1) is 6.20 Å². The molecular weight excluding hydrogens is 270 g/mol. The SMILES string of the molecule is CC(C)(N)CNc1ccnc2c(-c3ccsc3)cnn12. The summed E-state index contributed by atoms with van der Waals surface area (Å²) in [4.78, 5) is 4.44. The van der Waals surface area contributed by atoms with Gasteiger partial charge in [-0.05, 0) is 42.3 Å². The van der Waals surface area contributed by atoms with Gasteiger partial charge in [-0.25, -0.2) is 4.98 Å². The maximum atomic E-state index is 6.00. The first-order valence-electron chi connectivity index (χ1n) is 6.43. The Kier molecular flexibility index (Phi) is 3.19. The Morgan fingerprint density at radius 3 is 2.95 bits per heavy atom. The average molecular weight is 287 g/mol. The Hall–Kier alpha value is -1.92. The Morgan fingerprint density at radius 1 is 1.40 bits per heavy atom. The van der Waals surface area contributed by atoms with Crippen molar-refractivity contribution >= 4 is 22.8 Å². The molecule has 0 saturated carbocycles. The molecule has 0 amide bonds. The third-order valence-corrected chi connectivity index (χ3v) is 3.64. The molecule has 104 valence electrons. The molecular formula is C14H17N5S. The minimum atomic E-state index is -0.279. The van der Waals surface area contributed by atoms with Crippen molar-refractivity contribution < 1.29 is 0 Å². The molecule has 0 saturated heterocycles. The Morgan fingerprint density at radius 2 is 2.25 bits per heavy atom. The van der Waals surface area contributed by atoms with Crippen molar-refractivity contribution in [3.63, 3.8) is 0 Å². The van der Waals surface area contributed by atoms with Crippen molar-refractivity contribution in [2.45, 2.75) is 19.4 Å². The fraction of sp³-hybridized carbons (Fsp3) is 0.286. The van der Waals surface area contributed by atoms with Crippen LogP contribution < -0.4 is 11.1 Å². The van der Waals surface area contributed by atoms with Crippen LogP contribution in [0.4, 0.5) is 5.82 Å². The van der Waals surface area contributed by atoms with Gasteiger partial charge in [0, 0.05) is 23.8 Å². The molecule has 0 fully saturated rings. The minimum Gasteiger partial charge on any atom is -0.368 e. The predicted molar refractivity (Wildman–Crippen MR) is 83.1 cm³/mol. The van der Waals surface area contributed by atoms with E-state index in [4.69, 9.17) is 5.73 Å². The molecule has 0 aromatic carbocycles. The van der Waals surface area contributed by atoms with Crippen LogP contribution in [0, 0.1) is 0 Å². The van der Waals surface area contributed by atoms with Gasteiger partial charge in [-0.1, -0.05) is 0 Å². The molecule has 20 heavy (non-hydrogen) atoms. The molecule has 0 radical (unpaired) electrons. The summed E-state index contributed by atoms with van der Waals surface area (Å²) in [5.41, 5.74) is 8.77. The molecule has 3 N–H and O–H groups in total. The highest BCUT2D eigenvalue weighted by molar-refractivity contribution is 7.08. The van der Waals surface area contributed by atoms with E-state index in [0.29, 0.717) is 6.54 Å². The number of nitrogens with one attached hydrogen (secondary N) is 1. The van der Waals surface area contributed by atoms with Crippen molar-refractivity contribution in [1.29, 1.82) is 0 Å². The van der Waals surface area contributed by atoms with Crippen LogP contribution in [0.5, 0.6) is 0 Å². The van der Waals surface area contributed by atoms with E-state index < -0.39 is 0 Å². The number of rotatable bonds is 4. The van der Waals surface area contributed by atoms with Crippen molar-refractivity contribution in [2.75, 3.05) is 11.9 Å². The lowest BCUT2D eigenvalue weighted by Gasteiger charge is -2.19. The van der Waals surface area contributed by atoms with Crippen LogP contribution in [0.2, 0.25) is 0 Å². The molecule has 0 aliphatic heterocycles. The lowest BCUT2D eigenvalue weighted by atomic mass is 10.1. The number of fused-ring (bicyclic) bond motifs is 1. The van der Waals surface area contributed by atoms with E-state index in [9.17, 15) is 0 Å². The van der Waals surface area contributed by atoms with Crippen LogP contribution in [0.15, 0.2) is 35.3 Å². The fourth-order valence-corrected chi connectivity index (χ4v) is 2.62. The van der Waals surface area contributed by atoms with E-state index in [2.05, 4.69) is 32.2 Å². The number of nitrogens with two attached hydrogens (primary N) is 1. The highest BCUT2D eigenvalue weighted by atomic mass is 32.1. The number of hydrogen-bond donors (Lipinski definition) is 2. The minimum absolute atomic E-state index is 0.279. The summed E-state index contributed by atoms with van der Waals surface area (Å²) < 4.78 is 1.82. The third kappa shape index (κ3) is 2.52. The molecule has 0 bridgehead atoms. The van der Waals surface area contributed by atoms with Crippen LogP contribution in [0.1, 0.15) is 13.8 Å². The van der Waals surface area contributed by atoms with Gasteiger partial charge in [-0.2, -0.15) is 21.0 Å². The summed E-state index contributed by atoms with van der Waals surface area (Å²) in [7, 11) is 0. The van der Waals surface area contributed by atoms with Crippen molar-refractivity contribution in [1.82, 2.24) is 14.6 Å². The molecule has 3 heterocycles. The Balaban J connectivity index is 2.00. The average Bonchev–Trinajstić information content (AvgIpc) is 3.03. The van der Waals surface area contributed by atoms with Gasteiger partial charge in [-0.15, -0.1) is 0 Å². The number of thiophene rings is 1. The van der Waals surface area contributed by atoms with Gasteiger partial charge in [-0.3, -0.25) is 0 Å². The topological polar surface area (TPSA) is 68.2 Å². The smallest absolute Gasteiger partial charge is 0.165 e. The predicted octanol–water partition coefficient (Wildman–Crippen LogP) is 2.61. The summed E-state index contributed by atoms with van der Waals surface area (Å²) in [5.74, 6) is 0.898. The van der Waals surface area contributed by atoms with E-state index in [-0.39, 0.29) is 5.54 Å². The summed E-state index contributed by atoms with van der Waals surface area (Å²) in [6, 6.07) is 3.98. The van der Waals surface area contributed by atoms with Gasteiger partial charge >= 0.3 is 0 Å². The fourth-order valence-electron chi connectivity index (χ4n) is 1.97. The van der Waals surface area contributed by atoms with Crippen molar-refractivity contribution in [2.24, 2.45) is 5.73 Å². The molecule has 3 aromatic heterocycles. The van der Waals surface area contributed by atoms with Crippen LogP contribution in [0.25, 0.3) is 16.8 Å². The number of aromatic nitrogens is 3. The molecule has 0 aliphatic rings. The van der Waals surface area contributed by atoms with Crippen LogP contribution in [-0.4, -0.2) is 26.7 Å². The summed E-state index contributed by atoms with van der Waals surface area (Å²) in [5, 5.41) is 11.9. The molecule has 6 heteroatoms. The normalized spacial score (nSPS) is 11.9. The maximum absolute atomic E-state index is 6.00. The van der Waals surface area contributed by atoms with Gasteiger partial charge in [0.15, 0.2) is 5.65 Å². The van der Waals surface area contributed by atoms with E-state index in [0.717, 1.165) is 22.6 Å². The number of anilines is 1. The van der Waals surface area contributed by atoms with Crippen LogP contribution in [0.3, 0.4) is 0 Å². The molecule has 5 nitrogen and oxygen atoms in total. The van der Waals surface area contributed by atoms with Gasteiger partial charge in [0.2, 0.25) is 0 Å². The van der Waals surface area contributed by atoms with Gasteiger partial charge in [0.25, 0.3) is 0 Å². The standard InChI is InChI=1S/C14H17N5S/c1-14(2,15)9-17-12-3-5-16-13-11(7-18-19(12)13)10-4-6-20-8-10/h3-8,17H,9,15H2,1-2H3. The summed E-state index contributed by atoms with van der Waals surface area (Å²) in [6.07, 6.45) is 3.64. The highest BCUT2D eigenvalue weighted by Crippen LogP contribution is 2.26. The molecule has 0 aliphatic carbocycles. The van der Waals surface area contributed by atoms with E-state index in [1.165, 1.54) is 0 Å². The summed E-state index contributed by atoms with van der Waals surface area (Å²) in [6.45, 7) is 4.64. The molecule has 3 rings (SSSR count). The monoisotopic (exact) mass is 287 g/mol. The lowest BCUT2D eigenvalue weighted by Crippen LogP contribution is -2.40. The second kappa shape index (κ2) is 4.88. The molecule has 0 atom stereocenters. The largest absolute Gasteiger partial charge is 0.368 e. The molecule has 0 unspecified atom stereocenters. The van der Waals surface area contributed by atoms with Crippen molar-refractivity contribution in [3.8, 4) is 11.1 Å². The zero-order chi connectivity index (χ0) is 14.2. The quantitative estimate of drug-likeness (QED) is 0.774. The van der Waals surface area contributed by atoms with Gasteiger partial charge in [0.1, 0.15) is 5.82 Å². The second-order valence-corrected chi connectivity index (χ2v) is 6.26. The highest BCUT2D eigenvalue weighted by Gasteiger charge is 2.13. The first-order chi connectivity index (χ1) is 9.54. The first kappa shape index (κ1) is 13.1. The zero-order valence-electron chi connectivity index (χ0n) is 11.5. The zero-order valence-corrected chi connectivity index (χ0v) is 12.3. The van der Waals surface area contributed by atoms with Crippen LogP contribution in [-0.2, 0) is 0 Å². The third-order valence-electron chi connectivity index (χ3n) is 2.96. The number of nitrogens with zero attached hydrogens (tertiary/aromatic N) is 3. The lowest BCUT2D eigenvalue weighted by molar-refractivity contribution is 0.547. The van der Waals surface area contributed by atoms with E-state index in [1.54, 1.807) is 17.5 Å². The van der Waals surface area contributed by atoms with Crippen molar-refractivity contribution in [3.05, 3.63) is 35.3 Å². The Labute approximate surface area is 121 Å². The van der Waals surface area contributed by atoms with E-state index in [1.807, 2.05) is 30.6 Å².